The molecule has 3 aromatic rings. The molecular weight excluding hydrogens is 512 g/mol. The maximum atomic E-state index is 10.9. The van der Waals surface area contributed by atoms with Gasteiger partial charge in [0.05, 0.1) is 0 Å². The van der Waals surface area contributed by atoms with Crippen molar-refractivity contribution >= 4 is 5.78 Å². The van der Waals surface area contributed by atoms with E-state index in [1.807, 2.05) is 0 Å². The largest absolute Gasteiger partial charge is 0.300 e. The normalized spacial score (nSPS) is 11.0. The Morgan fingerprint density at radius 1 is 0.619 bits per heavy atom. The highest BCUT2D eigenvalue weighted by Crippen LogP contribution is 2.13. The monoisotopic (exact) mass is 570 g/mol. The Morgan fingerprint density at radius 2 is 1.26 bits per heavy atom. The third-order valence-corrected chi connectivity index (χ3v) is 7.95. The highest BCUT2D eigenvalue weighted by molar-refractivity contribution is 5.75. The first kappa shape index (κ1) is 35.4. The van der Waals surface area contributed by atoms with E-state index in [0.29, 0.717) is 5.78 Å². The van der Waals surface area contributed by atoms with Crippen LogP contribution in [0.4, 0.5) is 0 Å². The molecule has 230 valence electrons. The molecule has 0 spiro atoms. The van der Waals surface area contributed by atoms with Crippen molar-refractivity contribution in [2.24, 2.45) is 0 Å². The number of hydrogen-bond acceptors (Lipinski definition) is 3. The van der Waals surface area contributed by atoms with Gasteiger partial charge in [0.1, 0.15) is 5.78 Å². The Hall–Kier alpha value is -2.75. The smallest absolute Gasteiger partial charge is 0.129 e. The third-order valence-electron chi connectivity index (χ3n) is 7.95. The number of rotatable bonds is 19. The molecule has 0 radical (unpaired) electrons. The molecule has 0 heterocycles. The van der Waals surface area contributed by atoms with Crippen LogP contribution in [0.3, 0.4) is 0 Å². The predicted molar refractivity (Wildman–Crippen MR) is 182 cm³/mol. The molecule has 0 N–H and O–H groups in total. The molecular formula is C39H58N2O. The van der Waals surface area contributed by atoms with Gasteiger partial charge in [-0.15, -0.1) is 0 Å². The SMILES string of the molecule is CCCN(CCCCCCC(C)=O)Cc1ccccc1.CCN(CCCCc1ccc(C)cc1)Cc1ccccc1C. The van der Waals surface area contributed by atoms with Crippen LogP contribution in [0, 0.1) is 13.8 Å². The summed E-state index contributed by atoms with van der Waals surface area (Å²) in [5.41, 5.74) is 7.08. The van der Waals surface area contributed by atoms with Crippen LogP contribution in [0.2, 0.25) is 0 Å². The molecule has 0 atom stereocenters. The topological polar surface area (TPSA) is 23.6 Å². The van der Waals surface area contributed by atoms with Crippen LogP contribution in [0.25, 0.3) is 0 Å². The molecule has 3 aromatic carbocycles. The Kier molecular flexibility index (Phi) is 18.5. The third kappa shape index (κ3) is 16.0. The molecule has 0 unspecified atom stereocenters. The summed E-state index contributed by atoms with van der Waals surface area (Å²) in [6.45, 7) is 17.3. The summed E-state index contributed by atoms with van der Waals surface area (Å²) in [7, 11) is 0. The fraction of sp³-hybridized carbons (Fsp3) is 0.513. The zero-order valence-electron chi connectivity index (χ0n) is 27.4. The minimum atomic E-state index is 0.321. The van der Waals surface area contributed by atoms with Crippen molar-refractivity contribution in [2.45, 2.75) is 105 Å². The number of Topliss-reactive ketones (excluding diaryl/α,β-unsaturated/α-hetero) is 1. The fourth-order valence-electron chi connectivity index (χ4n) is 5.29. The van der Waals surface area contributed by atoms with E-state index in [1.165, 1.54) is 92.4 Å². The number of aryl methyl sites for hydroxylation is 3. The number of hydrogen-bond donors (Lipinski definition) is 0. The maximum Gasteiger partial charge on any atom is 0.129 e. The summed E-state index contributed by atoms with van der Waals surface area (Å²) in [5, 5.41) is 0. The van der Waals surface area contributed by atoms with Gasteiger partial charge in [-0.05, 0) is 108 Å². The molecule has 42 heavy (non-hydrogen) atoms. The van der Waals surface area contributed by atoms with Gasteiger partial charge in [0, 0.05) is 19.5 Å². The summed E-state index contributed by atoms with van der Waals surface area (Å²) in [4.78, 5) is 16.0. The van der Waals surface area contributed by atoms with Gasteiger partial charge in [-0.3, -0.25) is 9.80 Å². The van der Waals surface area contributed by atoms with Gasteiger partial charge >= 0.3 is 0 Å². The number of carbonyl (C=O) groups is 1. The molecule has 0 aliphatic carbocycles. The minimum absolute atomic E-state index is 0.321. The molecule has 3 nitrogen and oxygen atoms in total. The fourth-order valence-corrected chi connectivity index (χ4v) is 5.29. The second-order valence-electron chi connectivity index (χ2n) is 11.9. The van der Waals surface area contributed by atoms with E-state index in [1.54, 1.807) is 6.92 Å². The lowest BCUT2D eigenvalue weighted by Crippen LogP contribution is -2.25. The van der Waals surface area contributed by atoms with Crippen molar-refractivity contribution in [1.82, 2.24) is 9.80 Å². The van der Waals surface area contributed by atoms with Crippen molar-refractivity contribution < 1.29 is 4.79 Å². The number of ketones is 1. The lowest BCUT2D eigenvalue weighted by atomic mass is 10.1. The molecule has 0 aliphatic heterocycles. The van der Waals surface area contributed by atoms with Gasteiger partial charge < -0.3 is 4.79 Å². The van der Waals surface area contributed by atoms with Crippen LogP contribution in [-0.2, 0) is 24.3 Å². The molecule has 0 amide bonds. The van der Waals surface area contributed by atoms with Gasteiger partial charge in [-0.2, -0.15) is 0 Å². The molecule has 0 fully saturated rings. The predicted octanol–water partition coefficient (Wildman–Crippen LogP) is 9.59. The molecule has 3 rings (SSSR count). The second-order valence-corrected chi connectivity index (χ2v) is 11.9. The van der Waals surface area contributed by atoms with Gasteiger partial charge in [0.25, 0.3) is 0 Å². The van der Waals surface area contributed by atoms with Crippen LogP contribution < -0.4 is 0 Å². The van der Waals surface area contributed by atoms with E-state index in [4.69, 9.17) is 0 Å². The van der Waals surface area contributed by atoms with E-state index in [0.717, 1.165) is 32.5 Å². The van der Waals surface area contributed by atoms with Crippen molar-refractivity contribution in [1.29, 1.82) is 0 Å². The quantitative estimate of drug-likeness (QED) is 0.134. The Morgan fingerprint density at radius 3 is 1.93 bits per heavy atom. The average Bonchev–Trinajstić information content (AvgIpc) is 2.99. The number of nitrogens with zero attached hydrogens (tertiary/aromatic N) is 2. The van der Waals surface area contributed by atoms with Crippen molar-refractivity contribution in [2.75, 3.05) is 26.2 Å². The van der Waals surface area contributed by atoms with Crippen molar-refractivity contribution in [3.05, 3.63) is 107 Å². The van der Waals surface area contributed by atoms with E-state index < -0.39 is 0 Å². The van der Waals surface area contributed by atoms with E-state index in [9.17, 15) is 4.79 Å². The van der Waals surface area contributed by atoms with Gasteiger partial charge in [0.2, 0.25) is 0 Å². The summed E-state index contributed by atoms with van der Waals surface area (Å²) < 4.78 is 0. The summed E-state index contributed by atoms with van der Waals surface area (Å²) in [5.74, 6) is 0.321. The van der Waals surface area contributed by atoms with Crippen molar-refractivity contribution in [3.8, 4) is 0 Å². The van der Waals surface area contributed by atoms with Gasteiger partial charge in [0.15, 0.2) is 0 Å². The van der Waals surface area contributed by atoms with Crippen LogP contribution in [0.5, 0.6) is 0 Å². The first-order valence-electron chi connectivity index (χ1n) is 16.5. The van der Waals surface area contributed by atoms with E-state index in [-0.39, 0.29) is 0 Å². The zero-order chi connectivity index (χ0) is 30.4. The second kappa shape index (κ2) is 21.9. The van der Waals surface area contributed by atoms with E-state index >= 15 is 0 Å². The molecule has 0 aromatic heterocycles. The molecule has 0 saturated carbocycles. The summed E-state index contributed by atoms with van der Waals surface area (Å²) >= 11 is 0. The molecule has 0 saturated heterocycles. The number of benzene rings is 3. The highest BCUT2D eigenvalue weighted by atomic mass is 16.1. The van der Waals surface area contributed by atoms with Crippen LogP contribution in [0.1, 0.15) is 100.0 Å². The Balaban J connectivity index is 0.000000295. The van der Waals surface area contributed by atoms with Crippen LogP contribution in [-0.4, -0.2) is 41.8 Å². The number of unbranched alkanes of at least 4 members (excludes halogenated alkanes) is 4. The minimum Gasteiger partial charge on any atom is -0.300 e. The molecule has 3 heteroatoms. The highest BCUT2D eigenvalue weighted by Gasteiger charge is 2.06. The first-order valence-corrected chi connectivity index (χ1v) is 16.5. The van der Waals surface area contributed by atoms with Gasteiger partial charge in [-0.25, -0.2) is 0 Å². The summed E-state index contributed by atoms with van der Waals surface area (Å²) in [6.07, 6.45) is 10.4. The van der Waals surface area contributed by atoms with Crippen LogP contribution in [0.15, 0.2) is 78.9 Å². The first-order chi connectivity index (χ1) is 20.4. The van der Waals surface area contributed by atoms with Gasteiger partial charge in [-0.1, -0.05) is 111 Å². The molecule has 0 bridgehead atoms. The lowest BCUT2D eigenvalue weighted by Gasteiger charge is -2.21. The van der Waals surface area contributed by atoms with Crippen molar-refractivity contribution in [3.63, 3.8) is 0 Å². The standard InChI is InChI=1S/C21H29N.C18H29NO/c1-4-22(17-21-11-6-5-9-19(21)3)16-8-7-10-20-14-12-18(2)13-15-20;1-3-14-19(16-18-12-8-6-9-13-18)15-10-5-4-7-11-17(2)20/h5-6,9,11-15H,4,7-8,10,16-17H2,1-3H3;6,8-9,12-13H,3-5,7,10-11,14-16H2,1-2H3. The Bertz CT molecular complexity index is 1090. The van der Waals surface area contributed by atoms with E-state index in [2.05, 4.69) is 116 Å². The number of carbonyl (C=O) groups excluding carboxylic acids is 1. The molecule has 0 aliphatic rings. The van der Waals surface area contributed by atoms with Crippen LogP contribution >= 0.6 is 0 Å². The lowest BCUT2D eigenvalue weighted by molar-refractivity contribution is -0.117. The Labute approximate surface area is 258 Å². The summed E-state index contributed by atoms with van der Waals surface area (Å²) in [6, 6.07) is 28.4. The zero-order valence-corrected chi connectivity index (χ0v) is 27.4. The average molecular weight is 571 g/mol. The maximum absolute atomic E-state index is 10.9.